The average Bonchev–Trinajstić information content (AvgIpc) is 2.52. The molecule has 0 aliphatic rings. The second-order valence-corrected chi connectivity index (χ2v) is 5.25. The minimum Gasteiger partial charge on any atom is -0.457 e. The van der Waals surface area contributed by atoms with Gasteiger partial charge in [0.05, 0.1) is 4.47 Å². The van der Waals surface area contributed by atoms with E-state index < -0.39 is 0 Å². The number of benzene rings is 2. The van der Waals surface area contributed by atoms with E-state index in [1.165, 1.54) is 0 Å². The summed E-state index contributed by atoms with van der Waals surface area (Å²) in [4.78, 5) is 4.27. The van der Waals surface area contributed by atoms with E-state index in [1.807, 2.05) is 66.7 Å². The molecule has 0 saturated heterocycles. The van der Waals surface area contributed by atoms with Crippen molar-refractivity contribution in [2.24, 2.45) is 0 Å². The molecule has 0 amide bonds. The van der Waals surface area contributed by atoms with Gasteiger partial charge in [-0.1, -0.05) is 18.2 Å². The second-order valence-electron chi connectivity index (χ2n) is 4.40. The Morgan fingerprint density at radius 3 is 2.24 bits per heavy atom. The van der Waals surface area contributed by atoms with Crippen LogP contribution in [0.3, 0.4) is 0 Å². The lowest BCUT2D eigenvalue weighted by Crippen LogP contribution is -1.94. The number of nitrogens with zero attached hydrogens (tertiary/aromatic N) is 1. The quantitative estimate of drug-likeness (QED) is 0.692. The minimum atomic E-state index is 0.786. The normalized spacial score (nSPS) is 10.1. The van der Waals surface area contributed by atoms with Crippen molar-refractivity contribution in [3.8, 4) is 11.5 Å². The Hall–Kier alpha value is -2.33. The van der Waals surface area contributed by atoms with Crippen molar-refractivity contribution in [3.05, 3.63) is 77.4 Å². The third kappa shape index (κ3) is 3.61. The molecule has 0 unspecified atom stereocenters. The van der Waals surface area contributed by atoms with Crippen LogP contribution in [0.5, 0.6) is 11.5 Å². The van der Waals surface area contributed by atoms with Crippen molar-refractivity contribution in [1.29, 1.82) is 0 Å². The number of hydrogen-bond acceptors (Lipinski definition) is 3. The van der Waals surface area contributed by atoms with Crippen molar-refractivity contribution in [1.82, 2.24) is 4.98 Å². The van der Waals surface area contributed by atoms with E-state index in [2.05, 4.69) is 26.2 Å². The maximum atomic E-state index is 5.75. The fourth-order valence-corrected chi connectivity index (χ4v) is 2.20. The first kappa shape index (κ1) is 13.6. The summed E-state index contributed by atoms with van der Waals surface area (Å²) in [6.45, 7) is 0. The molecular weight excluding hydrogens is 328 g/mol. The first-order chi connectivity index (χ1) is 10.3. The fraction of sp³-hybridized carbons (Fsp3) is 0. The number of nitrogens with one attached hydrogen (secondary N) is 1. The third-order valence-electron chi connectivity index (χ3n) is 2.85. The molecule has 0 radical (unpaired) electrons. The standard InChI is InChI=1S/C17H13BrN2O/c18-16-7-4-12-19-17(16)20-13-8-10-15(11-9-13)21-14-5-2-1-3-6-14/h1-12H,(H,19,20). The summed E-state index contributed by atoms with van der Waals surface area (Å²) < 4.78 is 6.68. The highest BCUT2D eigenvalue weighted by molar-refractivity contribution is 9.10. The maximum absolute atomic E-state index is 5.75. The van der Waals surface area contributed by atoms with Gasteiger partial charge in [-0.3, -0.25) is 0 Å². The number of para-hydroxylation sites is 1. The van der Waals surface area contributed by atoms with Gasteiger partial charge in [0, 0.05) is 11.9 Å². The topological polar surface area (TPSA) is 34.2 Å². The van der Waals surface area contributed by atoms with Gasteiger partial charge >= 0.3 is 0 Å². The number of aromatic nitrogens is 1. The molecule has 4 heteroatoms. The van der Waals surface area contributed by atoms with Crippen LogP contribution in [0.25, 0.3) is 0 Å². The molecule has 3 nitrogen and oxygen atoms in total. The molecule has 104 valence electrons. The van der Waals surface area contributed by atoms with E-state index in [0.29, 0.717) is 0 Å². The maximum Gasteiger partial charge on any atom is 0.144 e. The number of halogens is 1. The van der Waals surface area contributed by atoms with Gasteiger partial charge in [0.25, 0.3) is 0 Å². The van der Waals surface area contributed by atoms with Crippen molar-refractivity contribution in [2.45, 2.75) is 0 Å². The van der Waals surface area contributed by atoms with Crippen LogP contribution in [0.1, 0.15) is 0 Å². The Morgan fingerprint density at radius 2 is 1.52 bits per heavy atom. The Bertz CT molecular complexity index is 714. The fourth-order valence-electron chi connectivity index (χ4n) is 1.85. The molecule has 0 fully saturated rings. The first-order valence-corrected chi connectivity index (χ1v) is 7.31. The van der Waals surface area contributed by atoms with Gasteiger partial charge in [0.2, 0.25) is 0 Å². The van der Waals surface area contributed by atoms with E-state index in [-0.39, 0.29) is 0 Å². The van der Waals surface area contributed by atoms with Crippen molar-refractivity contribution < 1.29 is 4.74 Å². The van der Waals surface area contributed by atoms with E-state index in [0.717, 1.165) is 27.5 Å². The van der Waals surface area contributed by atoms with Gasteiger partial charge in [0.15, 0.2) is 0 Å². The van der Waals surface area contributed by atoms with Crippen molar-refractivity contribution in [3.63, 3.8) is 0 Å². The first-order valence-electron chi connectivity index (χ1n) is 6.52. The van der Waals surface area contributed by atoms with Crippen LogP contribution in [-0.4, -0.2) is 4.98 Å². The molecular formula is C17H13BrN2O. The summed E-state index contributed by atoms with van der Waals surface area (Å²) in [7, 11) is 0. The molecule has 1 aromatic heterocycles. The molecule has 1 N–H and O–H groups in total. The predicted octanol–water partition coefficient (Wildman–Crippen LogP) is 5.38. The van der Waals surface area contributed by atoms with Crippen molar-refractivity contribution in [2.75, 3.05) is 5.32 Å². The minimum absolute atomic E-state index is 0.786. The molecule has 0 spiro atoms. The summed E-state index contributed by atoms with van der Waals surface area (Å²) >= 11 is 3.46. The second kappa shape index (κ2) is 6.41. The number of rotatable bonds is 4. The molecule has 3 aromatic rings. The lowest BCUT2D eigenvalue weighted by molar-refractivity contribution is 0.483. The molecule has 0 atom stereocenters. The Morgan fingerprint density at radius 1 is 0.810 bits per heavy atom. The summed E-state index contributed by atoms with van der Waals surface area (Å²) in [5.74, 6) is 2.41. The molecule has 0 bridgehead atoms. The van der Waals surface area contributed by atoms with Crippen LogP contribution >= 0.6 is 15.9 Å². The number of hydrogen-bond donors (Lipinski definition) is 1. The smallest absolute Gasteiger partial charge is 0.144 e. The number of ether oxygens (including phenoxy) is 1. The van der Waals surface area contributed by atoms with Gasteiger partial charge in [-0.05, 0) is 64.5 Å². The summed E-state index contributed by atoms with van der Waals surface area (Å²) in [5.41, 5.74) is 0.954. The summed E-state index contributed by atoms with van der Waals surface area (Å²) in [5, 5.41) is 3.25. The molecule has 1 heterocycles. The van der Waals surface area contributed by atoms with Crippen LogP contribution in [0, 0.1) is 0 Å². The van der Waals surface area contributed by atoms with Gasteiger partial charge < -0.3 is 10.1 Å². The van der Waals surface area contributed by atoms with Gasteiger partial charge in [-0.15, -0.1) is 0 Å². The lowest BCUT2D eigenvalue weighted by atomic mass is 10.3. The molecule has 3 rings (SSSR count). The Balaban J connectivity index is 1.71. The predicted molar refractivity (Wildman–Crippen MR) is 88.2 cm³/mol. The van der Waals surface area contributed by atoms with E-state index in [1.54, 1.807) is 6.20 Å². The van der Waals surface area contributed by atoms with E-state index in [4.69, 9.17) is 4.74 Å². The van der Waals surface area contributed by atoms with Gasteiger partial charge in [-0.25, -0.2) is 4.98 Å². The van der Waals surface area contributed by atoms with Crippen molar-refractivity contribution >= 4 is 27.4 Å². The van der Waals surface area contributed by atoms with Crippen LogP contribution in [-0.2, 0) is 0 Å². The largest absolute Gasteiger partial charge is 0.457 e. The molecule has 0 saturated carbocycles. The Labute approximate surface area is 131 Å². The highest BCUT2D eigenvalue weighted by Gasteiger charge is 2.01. The monoisotopic (exact) mass is 340 g/mol. The SMILES string of the molecule is Brc1cccnc1Nc1ccc(Oc2ccccc2)cc1. The summed E-state index contributed by atoms with van der Waals surface area (Å²) in [6.07, 6.45) is 1.75. The lowest BCUT2D eigenvalue weighted by Gasteiger charge is -2.09. The number of pyridine rings is 1. The van der Waals surface area contributed by atoms with Crippen LogP contribution in [0.4, 0.5) is 11.5 Å². The molecule has 0 aliphatic heterocycles. The van der Waals surface area contributed by atoms with Crippen LogP contribution < -0.4 is 10.1 Å². The molecule has 21 heavy (non-hydrogen) atoms. The number of anilines is 2. The summed E-state index contributed by atoms with van der Waals surface area (Å²) in [6, 6.07) is 21.3. The highest BCUT2D eigenvalue weighted by Crippen LogP contribution is 2.26. The van der Waals surface area contributed by atoms with Gasteiger partial charge in [-0.2, -0.15) is 0 Å². The molecule has 0 aliphatic carbocycles. The zero-order chi connectivity index (χ0) is 14.5. The van der Waals surface area contributed by atoms with Gasteiger partial charge in [0.1, 0.15) is 17.3 Å². The highest BCUT2D eigenvalue weighted by atomic mass is 79.9. The van der Waals surface area contributed by atoms with E-state index >= 15 is 0 Å². The van der Waals surface area contributed by atoms with E-state index in [9.17, 15) is 0 Å². The Kier molecular flexibility index (Phi) is 4.17. The molecule has 2 aromatic carbocycles. The third-order valence-corrected chi connectivity index (χ3v) is 3.49. The van der Waals surface area contributed by atoms with Crippen LogP contribution in [0.2, 0.25) is 0 Å². The zero-order valence-corrected chi connectivity index (χ0v) is 12.7. The average molecular weight is 341 g/mol. The zero-order valence-electron chi connectivity index (χ0n) is 11.2. The van der Waals surface area contributed by atoms with Crippen LogP contribution in [0.15, 0.2) is 77.4 Å².